The summed E-state index contributed by atoms with van der Waals surface area (Å²) in [5, 5.41) is 21.1. The molecule has 0 radical (unpaired) electrons. The summed E-state index contributed by atoms with van der Waals surface area (Å²) in [6.07, 6.45) is 3.67. The molecule has 0 fully saturated rings. The van der Waals surface area contributed by atoms with Crippen LogP contribution >= 0.6 is 0 Å². The number of carboxylic acid groups (broad SMARTS) is 2. The first-order valence-corrected chi connectivity index (χ1v) is 9.71. The highest BCUT2D eigenvalue weighted by Gasteiger charge is 2.32. The second kappa shape index (κ2) is 10.5. The molecular weight excluding hydrogens is 364 g/mol. The number of fused-ring (bicyclic) bond motifs is 1. The molecule has 0 bridgehead atoms. The van der Waals surface area contributed by atoms with Gasteiger partial charge < -0.3 is 25.2 Å². The van der Waals surface area contributed by atoms with Crippen molar-refractivity contribution in [1.29, 1.82) is 0 Å². The average Bonchev–Trinajstić information content (AvgIpc) is 2.65. The van der Waals surface area contributed by atoms with Crippen molar-refractivity contribution in [3.8, 4) is 5.75 Å². The van der Waals surface area contributed by atoms with Crippen LogP contribution in [0.4, 0.5) is 11.4 Å². The lowest BCUT2D eigenvalue weighted by Gasteiger charge is -2.35. The smallest absolute Gasteiger partial charge is 0.346 e. The third-order valence-corrected chi connectivity index (χ3v) is 4.61. The number of hydrogen-bond donors (Lipinski definition) is 3. The van der Waals surface area contributed by atoms with Crippen LogP contribution in [0.5, 0.6) is 5.75 Å². The molecule has 154 valence electrons. The van der Waals surface area contributed by atoms with E-state index in [9.17, 15) is 19.5 Å². The van der Waals surface area contributed by atoms with Crippen molar-refractivity contribution < 1.29 is 29.3 Å². The van der Waals surface area contributed by atoms with Gasteiger partial charge in [0, 0.05) is 19.4 Å². The van der Waals surface area contributed by atoms with Gasteiger partial charge in [-0.25, -0.2) is 4.79 Å². The summed E-state index contributed by atoms with van der Waals surface area (Å²) in [5.41, 5.74) is 1.10. The minimum atomic E-state index is -1.10. The number of aliphatic carboxylic acids is 2. The number of benzene rings is 1. The first-order valence-electron chi connectivity index (χ1n) is 9.71. The molecule has 0 aliphatic carbocycles. The molecule has 0 saturated carbocycles. The van der Waals surface area contributed by atoms with Gasteiger partial charge in [0.2, 0.25) is 12.0 Å². The fraction of sp³-hybridized carbons (Fsp3) is 0.550. The van der Waals surface area contributed by atoms with Gasteiger partial charge in [-0.1, -0.05) is 32.3 Å². The number of unbranched alkanes of at least 4 members (excludes halogenated alkanes) is 3. The van der Waals surface area contributed by atoms with Crippen LogP contribution in [0.2, 0.25) is 0 Å². The number of nitrogens with one attached hydrogen (secondary N) is 1. The van der Waals surface area contributed by atoms with Gasteiger partial charge in [0.1, 0.15) is 0 Å². The molecule has 3 N–H and O–H groups in total. The van der Waals surface area contributed by atoms with Gasteiger partial charge in [-0.05, 0) is 25.0 Å². The average molecular weight is 392 g/mol. The monoisotopic (exact) mass is 392 g/mol. The molecule has 0 spiro atoms. The molecule has 1 aromatic carbocycles. The highest BCUT2D eigenvalue weighted by molar-refractivity contribution is 5.94. The van der Waals surface area contributed by atoms with E-state index in [4.69, 9.17) is 9.84 Å². The third kappa shape index (κ3) is 6.14. The maximum Gasteiger partial charge on any atom is 0.346 e. The summed E-state index contributed by atoms with van der Waals surface area (Å²) in [5.74, 6) is -1.82. The molecule has 1 aromatic rings. The van der Waals surface area contributed by atoms with Crippen molar-refractivity contribution in [2.75, 3.05) is 23.3 Å². The van der Waals surface area contributed by atoms with E-state index in [1.54, 1.807) is 23.1 Å². The molecule has 1 atom stereocenters. The van der Waals surface area contributed by atoms with Gasteiger partial charge in [0.05, 0.1) is 17.9 Å². The van der Waals surface area contributed by atoms with Crippen LogP contribution in [-0.4, -0.2) is 47.3 Å². The van der Waals surface area contributed by atoms with Crippen molar-refractivity contribution in [3.63, 3.8) is 0 Å². The molecule has 1 amide bonds. The van der Waals surface area contributed by atoms with E-state index >= 15 is 0 Å². The summed E-state index contributed by atoms with van der Waals surface area (Å²) < 4.78 is 5.65. The highest BCUT2D eigenvalue weighted by atomic mass is 16.5. The number of carboxylic acids is 2. The zero-order chi connectivity index (χ0) is 20.5. The molecule has 0 aromatic heterocycles. The number of nitrogens with zero attached hydrogens (tertiary/aromatic N) is 1. The summed E-state index contributed by atoms with van der Waals surface area (Å²) in [6.45, 7) is 2.62. The predicted octanol–water partition coefficient (Wildman–Crippen LogP) is 3.11. The number of para-hydroxylation sites is 1. The minimum absolute atomic E-state index is 0.00137. The predicted molar refractivity (Wildman–Crippen MR) is 105 cm³/mol. The van der Waals surface area contributed by atoms with Crippen LogP contribution in [0.25, 0.3) is 0 Å². The Morgan fingerprint density at radius 1 is 1.14 bits per heavy atom. The lowest BCUT2D eigenvalue weighted by Crippen LogP contribution is -2.45. The van der Waals surface area contributed by atoms with E-state index in [1.807, 2.05) is 0 Å². The Bertz CT molecular complexity index is 706. The number of amides is 1. The lowest BCUT2D eigenvalue weighted by molar-refractivity contribution is -0.145. The van der Waals surface area contributed by atoms with E-state index in [0.29, 0.717) is 36.5 Å². The number of carbonyl (C=O) groups is 3. The van der Waals surface area contributed by atoms with Crippen LogP contribution < -0.4 is 15.0 Å². The molecule has 1 aliphatic heterocycles. The quantitative estimate of drug-likeness (QED) is 0.495. The van der Waals surface area contributed by atoms with Crippen molar-refractivity contribution in [2.24, 2.45) is 0 Å². The normalized spacial score (nSPS) is 15.5. The fourth-order valence-electron chi connectivity index (χ4n) is 3.16. The zero-order valence-electron chi connectivity index (χ0n) is 16.1. The summed E-state index contributed by atoms with van der Waals surface area (Å²) in [4.78, 5) is 36.3. The molecule has 8 nitrogen and oxygen atoms in total. The van der Waals surface area contributed by atoms with Gasteiger partial charge in [0.15, 0.2) is 5.75 Å². The maximum absolute atomic E-state index is 12.2. The Labute approximate surface area is 164 Å². The second-order valence-corrected chi connectivity index (χ2v) is 6.90. The van der Waals surface area contributed by atoms with Gasteiger partial charge in [-0.15, -0.1) is 0 Å². The summed E-state index contributed by atoms with van der Waals surface area (Å²) in [6, 6.07) is 5.23. The van der Waals surface area contributed by atoms with Gasteiger partial charge in [-0.3, -0.25) is 9.59 Å². The molecule has 1 aliphatic rings. The van der Waals surface area contributed by atoms with Crippen LogP contribution in [0, 0.1) is 0 Å². The molecule has 8 heteroatoms. The van der Waals surface area contributed by atoms with Gasteiger partial charge in [-0.2, -0.15) is 0 Å². The third-order valence-electron chi connectivity index (χ3n) is 4.61. The van der Waals surface area contributed by atoms with E-state index in [2.05, 4.69) is 12.2 Å². The zero-order valence-corrected chi connectivity index (χ0v) is 16.1. The van der Waals surface area contributed by atoms with E-state index in [0.717, 1.165) is 25.7 Å². The Kier molecular flexibility index (Phi) is 8.10. The standard InChI is InChI=1S/C20H28N2O6/c1-2-3-4-5-10-17(23)21-14-8-6-9-15-19(14)28-16(20(26)27)13-22(15)12-7-11-18(24)25/h6,8-9,16H,2-5,7,10-13H2,1H3,(H,21,23)(H,24,25)(H,26,27). The molecule has 28 heavy (non-hydrogen) atoms. The number of rotatable bonds is 11. The van der Waals surface area contributed by atoms with Crippen LogP contribution in [-0.2, 0) is 14.4 Å². The highest BCUT2D eigenvalue weighted by Crippen LogP contribution is 2.40. The first-order chi connectivity index (χ1) is 13.4. The van der Waals surface area contributed by atoms with Crippen LogP contribution in [0.3, 0.4) is 0 Å². The Morgan fingerprint density at radius 3 is 2.61 bits per heavy atom. The Balaban J connectivity index is 2.13. The van der Waals surface area contributed by atoms with Gasteiger partial charge >= 0.3 is 11.9 Å². The van der Waals surface area contributed by atoms with Gasteiger partial charge in [0.25, 0.3) is 0 Å². The summed E-state index contributed by atoms with van der Waals surface area (Å²) >= 11 is 0. The second-order valence-electron chi connectivity index (χ2n) is 6.90. The molecule has 2 rings (SSSR count). The topological polar surface area (TPSA) is 116 Å². The summed E-state index contributed by atoms with van der Waals surface area (Å²) in [7, 11) is 0. The lowest BCUT2D eigenvalue weighted by atomic mass is 10.1. The Morgan fingerprint density at radius 2 is 1.93 bits per heavy atom. The Hall–Kier alpha value is -2.77. The van der Waals surface area contributed by atoms with Crippen molar-refractivity contribution in [3.05, 3.63) is 18.2 Å². The molecule has 0 saturated heterocycles. The van der Waals surface area contributed by atoms with E-state index in [1.165, 1.54) is 0 Å². The number of ether oxygens (including phenoxy) is 1. The number of hydrogen-bond acceptors (Lipinski definition) is 5. The minimum Gasteiger partial charge on any atom is -0.481 e. The van der Waals surface area contributed by atoms with Crippen molar-refractivity contribution in [1.82, 2.24) is 0 Å². The van der Waals surface area contributed by atoms with Crippen molar-refractivity contribution >= 4 is 29.2 Å². The fourth-order valence-corrected chi connectivity index (χ4v) is 3.16. The van der Waals surface area contributed by atoms with Crippen LogP contribution in [0.15, 0.2) is 18.2 Å². The molecular formula is C20H28N2O6. The van der Waals surface area contributed by atoms with E-state index in [-0.39, 0.29) is 18.9 Å². The number of anilines is 2. The first kappa shape index (κ1) is 21.5. The maximum atomic E-state index is 12.2. The number of carbonyl (C=O) groups excluding carboxylic acids is 1. The molecule has 1 heterocycles. The molecule has 1 unspecified atom stereocenters. The van der Waals surface area contributed by atoms with Crippen LogP contribution in [0.1, 0.15) is 51.9 Å². The SMILES string of the molecule is CCCCCCC(=O)Nc1cccc2c1OC(C(=O)O)CN2CCCC(=O)O. The van der Waals surface area contributed by atoms with Crippen molar-refractivity contribution in [2.45, 2.75) is 58.0 Å². The largest absolute Gasteiger partial charge is 0.481 e. The van der Waals surface area contributed by atoms with E-state index < -0.39 is 18.0 Å².